The molecule has 0 saturated carbocycles. The zero-order valence-corrected chi connectivity index (χ0v) is 24.5. The zero-order valence-electron chi connectivity index (χ0n) is 24.5. The fourth-order valence-electron chi connectivity index (χ4n) is 4.87. The summed E-state index contributed by atoms with van der Waals surface area (Å²) in [5.74, 6) is 0.613. The van der Waals surface area contributed by atoms with Crippen LogP contribution in [0.2, 0.25) is 0 Å². The molecule has 0 saturated heterocycles. The van der Waals surface area contributed by atoms with E-state index in [1.807, 2.05) is 0 Å². The van der Waals surface area contributed by atoms with Crippen molar-refractivity contribution >= 4 is 5.97 Å². The molecule has 210 valence electrons. The summed E-state index contributed by atoms with van der Waals surface area (Å²) in [6.07, 6.45) is 30.5. The van der Waals surface area contributed by atoms with Gasteiger partial charge in [0.05, 0.1) is 6.61 Å². The van der Waals surface area contributed by atoms with Crippen LogP contribution >= 0.6 is 0 Å². The number of hydrogen-bond acceptors (Lipinski definition) is 3. The molecule has 0 fully saturated rings. The molecule has 0 radical (unpaired) electrons. The first-order valence-electron chi connectivity index (χ1n) is 16.1. The van der Waals surface area contributed by atoms with Crippen LogP contribution in [0.5, 0.6) is 0 Å². The Morgan fingerprint density at radius 2 is 0.943 bits per heavy atom. The summed E-state index contributed by atoms with van der Waals surface area (Å²) in [7, 11) is 0. The SMILES string of the molecule is CCCCCCCCNCCCCCCCCCC(=O)OCC(CCCCCC)CCCCCC. The molecule has 0 unspecified atom stereocenters. The molecule has 1 N–H and O–H groups in total. The van der Waals surface area contributed by atoms with E-state index < -0.39 is 0 Å². The normalized spacial score (nSPS) is 11.4. The van der Waals surface area contributed by atoms with Gasteiger partial charge in [-0.15, -0.1) is 0 Å². The summed E-state index contributed by atoms with van der Waals surface area (Å²) in [4.78, 5) is 12.2. The molecule has 0 aliphatic carbocycles. The molecule has 0 spiro atoms. The molecular formula is C32H65NO2. The standard InChI is InChI=1S/C32H65NO2/c1-4-7-10-13-18-23-28-33-29-24-19-16-14-15-17-22-27-32(34)35-30-31(25-20-11-8-5-2)26-21-12-9-6-3/h31,33H,4-30H2,1-3H3. The molecule has 35 heavy (non-hydrogen) atoms. The minimum Gasteiger partial charge on any atom is -0.465 e. The molecule has 0 atom stereocenters. The van der Waals surface area contributed by atoms with Crippen molar-refractivity contribution in [3.8, 4) is 0 Å². The van der Waals surface area contributed by atoms with Crippen molar-refractivity contribution in [3.63, 3.8) is 0 Å². The van der Waals surface area contributed by atoms with E-state index >= 15 is 0 Å². The highest BCUT2D eigenvalue weighted by molar-refractivity contribution is 5.69. The van der Waals surface area contributed by atoms with Crippen molar-refractivity contribution in [3.05, 3.63) is 0 Å². The number of nitrogens with one attached hydrogen (secondary N) is 1. The predicted octanol–water partition coefficient (Wildman–Crippen LogP) is 10.2. The predicted molar refractivity (Wildman–Crippen MR) is 155 cm³/mol. The number of carbonyl (C=O) groups is 1. The largest absolute Gasteiger partial charge is 0.465 e. The van der Waals surface area contributed by atoms with Gasteiger partial charge in [0.1, 0.15) is 0 Å². The van der Waals surface area contributed by atoms with Crippen LogP contribution in [0.1, 0.15) is 175 Å². The van der Waals surface area contributed by atoms with E-state index in [0.29, 0.717) is 18.9 Å². The Hall–Kier alpha value is -0.570. The lowest BCUT2D eigenvalue weighted by molar-refractivity contribution is -0.145. The van der Waals surface area contributed by atoms with Gasteiger partial charge in [0.25, 0.3) is 0 Å². The van der Waals surface area contributed by atoms with Gasteiger partial charge in [0.15, 0.2) is 0 Å². The Morgan fingerprint density at radius 3 is 1.43 bits per heavy atom. The summed E-state index contributed by atoms with van der Waals surface area (Å²) in [6.45, 7) is 9.84. The molecule has 0 heterocycles. The lowest BCUT2D eigenvalue weighted by Gasteiger charge is -2.17. The molecule has 3 nitrogen and oxygen atoms in total. The molecule has 0 amide bonds. The van der Waals surface area contributed by atoms with Crippen LogP contribution in [0, 0.1) is 5.92 Å². The van der Waals surface area contributed by atoms with Gasteiger partial charge in [0.2, 0.25) is 0 Å². The Kier molecular flexibility index (Phi) is 29.2. The van der Waals surface area contributed by atoms with Crippen LogP contribution in [-0.2, 0) is 9.53 Å². The Morgan fingerprint density at radius 1 is 0.543 bits per heavy atom. The fourth-order valence-corrected chi connectivity index (χ4v) is 4.87. The van der Waals surface area contributed by atoms with Crippen LogP contribution in [-0.4, -0.2) is 25.7 Å². The smallest absolute Gasteiger partial charge is 0.305 e. The fraction of sp³-hybridized carbons (Fsp3) is 0.969. The third-order valence-electron chi connectivity index (χ3n) is 7.35. The topological polar surface area (TPSA) is 38.3 Å². The molecule has 3 heteroatoms. The second-order valence-electron chi connectivity index (χ2n) is 11.0. The first-order valence-corrected chi connectivity index (χ1v) is 16.1. The number of esters is 1. The molecule has 0 rings (SSSR count). The van der Waals surface area contributed by atoms with Crippen molar-refractivity contribution < 1.29 is 9.53 Å². The number of hydrogen-bond donors (Lipinski definition) is 1. The van der Waals surface area contributed by atoms with E-state index in [4.69, 9.17) is 4.74 Å². The van der Waals surface area contributed by atoms with Crippen LogP contribution in [0.4, 0.5) is 0 Å². The van der Waals surface area contributed by atoms with Crippen LogP contribution < -0.4 is 5.32 Å². The molecule has 0 aromatic heterocycles. The minimum absolute atomic E-state index is 0.0357. The van der Waals surface area contributed by atoms with E-state index in [1.54, 1.807) is 0 Å². The number of carbonyl (C=O) groups excluding carboxylic acids is 1. The van der Waals surface area contributed by atoms with E-state index in [9.17, 15) is 4.79 Å². The minimum atomic E-state index is 0.0357. The number of rotatable bonds is 29. The number of unbranched alkanes of at least 4 members (excludes halogenated alkanes) is 17. The second kappa shape index (κ2) is 29.7. The average molecular weight is 496 g/mol. The van der Waals surface area contributed by atoms with E-state index in [-0.39, 0.29) is 5.97 Å². The highest BCUT2D eigenvalue weighted by Gasteiger charge is 2.12. The molecule has 0 aliphatic heterocycles. The second-order valence-corrected chi connectivity index (χ2v) is 11.0. The zero-order chi connectivity index (χ0) is 25.7. The van der Waals surface area contributed by atoms with Gasteiger partial charge in [-0.2, -0.15) is 0 Å². The molecule has 0 bridgehead atoms. The summed E-state index contributed by atoms with van der Waals surface area (Å²) in [5, 5.41) is 3.60. The average Bonchev–Trinajstić information content (AvgIpc) is 2.86. The maximum atomic E-state index is 12.2. The maximum absolute atomic E-state index is 12.2. The molecule has 0 aromatic rings. The first kappa shape index (κ1) is 34.4. The monoisotopic (exact) mass is 496 g/mol. The molecular weight excluding hydrogens is 430 g/mol. The van der Waals surface area contributed by atoms with Crippen LogP contribution in [0.15, 0.2) is 0 Å². The van der Waals surface area contributed by atoms with Gasteiger partial charge in [-0.1, -0.05) is 136 Å². The lowest BCUT2D eigenvalue weighted by atomic mass is 9.95. The van der Waals surface area contributed by atoms with E-state index in [2.05, 4.69) is 26.1 Å². The van der Waals surface area contributed by atoms with E-state index in [1.165, 1.54) is 154 Å². The molecule has 0 aliphatic rings. The summed E-state index contributed by atoms with van der Waals surface area (Å²) >= 11 is 0. The van der Waals surface area contributed by atoms with E-state index in [0.717, 1.165) is 6.42 Å². The van der Waals surface area contributed by atoms with Crippen LogP contribution in [0.25, 0.3) is 0 Å². The third kappa shape index (κ3) is 27.9. The van der Waals surface area contributed by atoms with Gasteiger partial charge in [-0.3, -0.25) is 4.79 Å². The highest BCUT2D eigenvalue weighted by Crippen LogP contribution is 2.19. The van der Waals surface area contributed by atoms with Crippen LogP contribution in [0.3, 0.4) is 0 Å². The quantitative estimate of drug-likeness (QED) is 0.0828. The summed E-state index contributed by atoms with van der Waals surface area (Å²) in [6, 6.07) is 0. The lowest BCUT2D eigenvalue weighted by Crippen LogP contribution is -2.16. The van der Waals surface area contributed by atoms with Crippen molar-refractivity contribution in [1.29, 1.82) is 0 Å². The third-order valence-corrected chi connectivity index (χ3v) is 7.35. The van der Waals surface area contributed by atoms with Gasteiger partial charge < -0.3 is 10.1 Å². The van der Waals surface area contributed by atoms with Crippen molar-refractivity contribution in [2.75, 3.05) is 19.7 Å². The number of ether oxygens (including phenoxy) is 1. The van der Waals surface area contributed by atoms with Gasteiger partial charge in [-0.05, 0) is 51.1 Å². The Balaban J connectivity index is 3.56. The Labute approximate surface area is 221 Å². The van der Waals surface area contributed by atoms with Gasteiger partial charge >= 0.3 is 5.97 Å². The first-order chi connectivity index (χ1) is 17.2. The van der Waals surface area contributed by atoms with Crippen molar-refractivity contribution in [2.24, 2.45) is 5.92 Å². The molecule has 0 aromatic carbocycles. The highest BCUT2D eigenvalue weighted by atomic mass is 16.5. The summed E-state index contributed by atoms with van der Waals surface area (Å²) < 4.78 is 5.70. The Bertz CT molecular complexity index is 400. The summed E-state index contributed by atoms with van der Waals surface area (Å²) in [5.41, 5.74) is 0. The van der Waals surface area contributed by atoms with Crippen molar-refractivity contribution in [1.82, 2.24) is 5.32 Å². The van der Waals surface area contributed by atoms with Gasteiger partial charge in [0, 0.05) is 6.42 Å². The van der Waals surface area contributed by atoms with Gasteiger partial charge in [-0.25, -0.2) is 0 Å². The maximum Gasteiger partial charge on any atom is 0.305 e. The van der Waals surface area contributed by atoms with Crippen molar-refractivity contribution in [2.45, 2.75) is 175 Å².